The average molecular weight is 306 g/mol. The van der Waals surface area contributed by atoms with Gasteiger partial charge in [-0.1, -0.05) is 0 Å². The monoisotopic (exact) mass is 306 g/mol. The fraction of sp³-hybridized carbons (Fsp3) is 0.750. The van der Waals surface area contributed by atoms with Gasteiger partial charge >= 0.3 is 0 Å². The molecule has 6 nitrogen and oxygen atoms in total. The molecule has 0 spiro atoms. The van der Waals surface area contributed by atoms with E-state index in [4.69, 9.17) is 5.11 Å². The van der Waals surface area contributed by atoms with E-state index < -0.39 is 0 Å². The molecule has 4 heterocycles. The second-order valence-corrected chi connectivity index (χ2v) is 6.68. The van der Waals surface area contributed by atoms with Crippen LogP contribution in [-0.4, -0.2) is 62.9 Å². The summed E-state index contributed by atoms with van der Waals surface area (Å²) in [6, 6.07) is 0.461. The van der Waals surface area contributed by atoms with Crippen LogP contribution in [-0.2, 0) is 17.9 Å². The number of piperidine rings is 1. The highest BCUT2D eigenvalue weighted by atomic mass is 16.3. The van der Waals surface area contributed by atoms with Gasteiger partial charge in [-0.25, -0.2) is 0 Å². The number of nitrogens with zero attached hydrogens (tertiary/aromatic N) is 4. The minimum atomic E-state index is 0.114. The van der Waals surface area contributed by atoms with Gasteiger partial charge < -0.3 is 10.0 Å². The second kappa shape index (κ2) is 6.38. The molecule has 2 bridgehead atoms. The first-order chi connectivity index (χ1) is 10.6. The molecule has 1 N–H and O–H groups in total. The molecule has 6 heteroatoms. The van der Waals surface area contributed by atoms with Crippen molar-refractivity contribution in [1.29, 1.82) is 0 Å². The van der Waals surface area contributed by atoms with E-state index >= 15 is 0 Å². The number of aryl methyl sites for hydroxylation is 1. The zero-order valence-corrected chi connectivity index (χ0v) is 13.5. The van der Waals surface area contributed by atoms with E-state index in [1.54, 1.807) is 6.92 Å². The number of amides is 1. The highest BCUT2D eigenvalue weighted by Crippen LogP contribution is 2.29. The van der Waals surface area contributed by atoms with Gasteiger partial charge in [-0.15, -0.1) is 0 Å². The summed E-state index contributed by atoms with van der Waals surface area (Å²) >= 11 is 0. The van der Waals surface area contributed by atoms with Gasteiger partial charge in [0.1, 0.15) is 0 Å². The highest BCUT2D eigenvalue weighted by molar-refractivity contribution is 5.73. The predicted molar refractivity (Wildman–Crippen MR) is 83.2 cm³/mol. The second-order valence-electron chi connectivity index (χ2n) is 6.68. The standard InChI is InChI=1S/C16H26N4O2/c1-12-15(10-20(17-12)5-6-21)9-19-8-14-3-4-16(19)11-18(7-14)13(2)22/h10,14,16,21H,3-9,11H2,1-2H3/t14-,16+/m0/s1. The zero-order chi connectivity index (χ0) is 15.7. The molecule has 0 unspecified atom stereocenters. The van der Waals surface area contributed by atoms with Crippen molar-refractivity contribution in [2.45, 2.75) is 45.8 Å². The summed E-state index contributed by atoms with van der Waals surface area (Å²) in [4.78, 5) is 16.3. The lowest BCUT2D eigenvalue weighted by Crippen LogP contribution is -2.43. The molecule has 0 aromatic carbocycles. The van der Waals surface area contributed by atoms with Crippen LogP contribution in [0.2, 0.25) is 0 Å². The van der Waals surface area contributed by atoms with Gasteiger partial charge in [-0.05, 0) is 25.7 Å². The molecule has 122 valence electrons. The van der Waals surface area contributed by atoms with E-state index in [1.165, 1.54) is 18.4 Å². The van der Waals surface area contributed by atoms with E-state index in [0.29, 0.717) is 18.5 Å². The molecule has 1 aromatic heterocycles. The van der Waals surface area contributed by atoms with Crippen molar-refractivity contribution in [3.05, 3.63) is 17.5 Å². The van der Waals surface area contributed by atoms with Gasteiger partial charge in [0.15, 0.2) is 0 Å². The number of rotatable bonds is 4. The quantitative estimate of drug-likeness (QED) is 0.886. The van der Waals surface area contributed by atoms with Gasteiger partial charge in [-0.2, -0.15) is 5.10 Å². The summed E-state index contributed by atoms with van der Waals surface area (Å²) in [6.45, 7) is 8.09. The first-order valence-electron chi connectivity index (χ1n) is 8.20. The highest BCUT2D eigenvalue weighted by Gasteiger charge is 2.35. The topological polar surface area (TPSA) is 61.6 Å². The van der Waals surface area contributed by atoms with Crippen molar-refractivity contribution in [3.8, 4) is 0 Å². The number of aromatic nitrogens is 2. The van der Waals surface area contributed by atoms with Crippen LogP contribution in [0.1, 0.15) is 31.0 Å². The van der Waals surface area contributed by atoms with E-state index in [-0.39, 0.29) is 12.5 Å². The maximum Gasteiger partial charge on any atom is 0.219 e. The third kappa shape index (κ3) is 3.17. The summed E-state index contributed by atoms with van der Waals surface area (Å²) in [7, 11) is 0. The van der Waals surface area contributed by atoms with Crippen molar-refractivity contribution in [3.63, 3.8) is 0 Å². The first-order valence-corrected chi connectivity index (χ1v) is 8.20. The van der Waals surface area contributed by atoms with E-state index in [2.05, 4.69) is 10.00 Å². The Hall–Kier alpha value is -1.40. The van der Waals surface area contributed by atoms with Crippen molar-refractivity contribution < 1.29 is 9.90 Å². The molecular weight excluding hydrogens is 280 g/mol. The molecule has 3 aliphatic rings. The molecule has 0 radical (unpaired) electrons. The Balaban J connectivity index is 1.72. The Kier molecular flexibility index (Phi) is 4.49. The minimum absolute atomic E-state index is 0.114. The predicted octanol–water partition coefficient (Wildman–Crippen LogP) is 0.627. The molecule has 4 rings (SSSR count). The van der Waals surface area contributed by atoms with Crippen LogP contribution >= 0.6 is 0 Å². The van der Waals surface area contributed by atoms with Gasteiger partial charge in [0, 0.05) is 50.9 Å². The number of hydrogen-bond acceptors (Lipinski definition) is 4. The molecule has 2 atom stereocenters. The summed E-state index contributed by atoms with van der Waals surface area (Å²) in [6.07, 6.45) is 4.46. The number of carbonyl (C=O) groups excluding carboxylic acids is 1. The Labute approximate surface area is 131 Å². The normalized spacial score (nSPS) is 25.5. The smallest absolute Gasteiger partial charge is 0.219 e. The molecule has 3 fully saturated rings. The number of aliphatic hydroxyl groups excluding tert-OH is 1. The molecule has 22 heavy (non-hydrogen) atoms. The lowest BCUT2D eigenvalue weighted by atomic mass is 9.94. The zero-order valence-electron chi connectivity index (χ0n) is 13.5. The van der Waals surface area contributed by atoms with Gasteiger partial charge in [0.2, 0.25) is 5.91 Å². The molecule has 1 amide bonds. The summed E-state index contributed by atoms with van der Waals surface area (Å²) in [5, 5.41) is 13.5. The van der Waals surface area contributed by atoms with Gasteiger partial charge in [-0.3, -0.25) is 14.4 Å². The average Bonchev–Trinajstić information content (AvgIpc) is 2.67. The van der Waals surface area contributed by atoms with Crippen LogP contribution in [0.5, 0.6) is 0 Å². The fourth-order valence-electron chi connectivity index (χ4n) is 3.78. The van der Waals surface area contributed by atoms with Crippen LogP contribution in [0.4, 0.5) is 0 Å². The number of carbonyl (C=O) groups is 1. The molecule has 3 aliphatic heterocycles. The molecule has 3 saturated heterocycles. The number of fused-ring (bicyclic) bond motifs is 4. The Morgan fingerprint density at radius 3 is 2.91 bits per heavy atom. The minimum Gasteiger partial charge on any atom is -0.394 e. The third-order valence-electron chi connectivity index (χ3n) is 5.02. The van der Waals surface area contributed by atoms with Crippen LogP contribution in [0.25, 0.3) is 0 Å². The lowest BCUT2D eigenvalue weighted by molar-refractivity contribution is -0.129. The van der Waals surface area contributed by atoms with Crippen LogP contribution < -0.4 is 0 Å². The Morgan fingerprint density at radius 1 is 1.36 bits per heavy atom. The van der Waals surface area contributed by atoms with Crippen molar-refractivity contribution >= 4 is 5.91 Å². The Morgan fingerprint density at radius 2 is 2.18 bits per heavy atom. The van der Waals surface area contributed by atoms with Crippen LogP contribution in [0, 0.1) is 12.8 Å². The van der Waals surface area contributed by atoms with Gasteiger partial charge in [0.25, 0.3) is 0 Å². The van der Waals surface area contributed by atoms with Crippen molar-refractivity contribution in [1.82, 2.24) is 19.6 Å². The van der Waals surface area contributed by atoms with Gasteiger partial charge in [0.05, 0.1) is 18.8 Å². The molecule has 0 aliphatic carbocycles. The summed E-state index contributed by atoms with van der Waals surface area (Å²) < 4.78 is 1.82. The number of aliphatic hydroxyl groups is 1. The van der Waals surface area contributed by atoms with E-state index in [9.17, 15) is 4.79 Å². The first kappa shape index (κ1) is 15.5. The van der Waals surface area contributed by atoms with Crippen LogP contribution in [0.3, 0.4) is 0 Å². The number of hydrogen-bond donors (Lipinski definition) is 1. The summed E-state index contributed by atoms with van der Waals surface area (Å²) in [5.41, 5.74) is 2.27. The van der Waals surface area contributed by atoms with Crippen molar-refractivity contribution in [2.24, 2.45) is 5.92 Å². The Bertz CT molecular complexity index is 542. The van der Waals surface area contributed by atoms with Crippen molar-refractivity contribution in [2.75, 3.05) is 26.2 Å². The lowest BCUT2D eigenvalue weighted by Gasteiger charge is -2.35. The summed E-state index contributed by atoms with van der Waals surface area (Å²) in [5.74, 6) is 0.793. The molecule has 1 aromatic rings. The maximum absolute atomic E-state index is 11.7. The van der Waals surface area contributed by atoms with E-state index in [0.717, 1.165) is 31.9 Å². The fourth-order valence-corrected chi connectivity index (χ4v) is 3.78. The van der Waals surface area contributed by atoms with E-state index in [1.807, 2.05) is 22.7 Å². The molecular formula is C16H26N4O2. The third-order valence-corrected chi connectivity index (χ3v) is 5.02. The largest absolute Gasteiger partial charge is 0.394 e. The SMILES string of the molecule is CC(=O)N1C[C@@H]2CC[C@H](C1)N(Cc1cn(CCO)nc1C)C2. The molecule has 0 saturated carbocycles. The van der Waals surface area contributed by atoms with Crippen LogP contribution in [0.15, 0.2) is 6.20 Å². The maximum atomic E-state index is 11.7.